The van der Waals surface area contributed by atoms with Gasteiger partial charge in [0, 0.05) is 24.7 Å². The molecule has 2 N–H and O–H groups in total. The molecule has 1 unspecified atom stereocenters. The predicted octanol–water partition coefficient (Wildman–Crippen LogP) is 3.91. The Morgan fingerprint density at radius 1 is 1.14 bits per heavy atom. The Morgan fingerprint density at radius 3 is 2.36 bits per heavy atom. The largest absolute Gasteiger partial charge is 0.361 e. The highest BCUT2D eigenvalue weighted by Crippen LogP contribution is 2.18. The summed E-state index contributed by atoms with van der Waals surface area (Å²) in [7, 11) is 0. The molecule has 1 atom stereocenters. The number of hydrogen-bond acceptors (Lipinski definition) is 4. The molecule has 1 aromatic rings. The van der Waals surface area contributed by atoms with E-state index in [1.54, 1.807) is 0 Å². The van der Waals surface area contributed by atoms with Crippen molar-refractivity contribution in [3.63, 3.8) is 0 Å². The molecule has 2 heterocycles. The van der Waals surface area contributed by atoms with E-state index in [1.807, 2.05) is 13.8 Å². The number of guanidine groups is 1. The third-order valence-electron chi connectivity index (χ3n) is 5.51. The van der Waals surface area contributed by atoms with Gasteiger partial charge in [0.25, 0.3) is 0 Å². The highest BCUT2D eigenvalue weighted by atomic mass is 127. The Labute approximate surface area is 188 Å². The number of halogens is 1. The molecule has 162 valence electrons. The molecular formula is C21H40IN5O. The van der Waals surface area contributed by atoms with Crippen LogP contribution in [0.2, 0.25) is 0 Å². The first-order valence-electron chi connectivity index (χ1n) is 10.7. The van der Waals surface area contributed by atoms with Gasteiger partial charge < -0.3 is 15.2 Å². The second-order valence-electron chi connectivity index (χ2n) is 7.96. The lowest BCUT2D eigenvalue weighted by atomic mass is 10.0. The quantitative estimate of drug-likeness (QED) is 0.319. The summed E-state index contributed by atoms with van der Waals surface area (Å²) < 4.78 is 5.25. The zero-order chi connectivity index (χ0) is 19.6. The fourth-order valence-electron chi connectivity index (χ4n) is 3.87. The second kappa shape index (κ2) is 13.4. The molecule has 7 heteroatoms. The molecule has 0 aliphatic carbocycles. The van der Waals surface area contributed by atoms with Gasteiger partial charge in [-0.05, 0) is 59.0 Å². The van der Waals surface area contributed by atoms with Crippen molar-refractivity contribution in [2.45, 2.75) is 72.8 Å². The maximum absolute atomic E-state index is 5.25. The molecule has 0 spiro atoms. The maximum atomic E-state index is 5.25. The lowest BCUT2D eigenvalue weighted by Crippen LogP contribution is -2.44. The average molecular weight is 505 g/mol. The van der Waals surface area contributed by atoms with E-state index in [-0.39, 0.29) is 24.0 Å². The van der Waals surface area contributed by atoms with Crippen molar-refractivity contribution in [3.8, 4) is 0 Å². The summed E-state index contributed by atoms with van der Waals surface area (Å²) >= 11 is 0. The van der Waals surface area contributed by atoms with Crippen LogP contribution in [0, 0.1) is 19.8 Å². The van der Waals surface area contributed by atoms with Crippen molar-refractivity contribution in [3.05, 3.63) is 17.0 Å². The maximum Gasteiger partial charge on any atom is 0.191 e. The molecule has 1 aliphatic heterocycles. The molecule has 1 aromatic heterocycles. The lowest BCUT2D eigenvalue weighted by Gasteiger charge is -2.32. The Balaban J connectivity index is 0.00000392. The van der Waals surface area contributed by atoms with Gasteiger partial charge in [0.1, 0.15) is 5.76 Å². The molecule has 2 rings (SSSR count). The Morgan fingerprint density at radius 2 is 1.82 bits per heavy atom. The Kier molecular flexibility index (Phi) is 12.1. The standard InChI is InChI=1S/C21H39N5O.HI/c1-6-22-21(23-12-11-19-17(4)25-27-18(19)5)24-15-20(16(2)3)26-13-9-7-8-10-14-26;/h16,20H,6-15H2,1-5H3,(H2,22,23,24);1H. The number of nitrogens with one attached hydrogen (secondary N) is 2. The fraction of sp³-hybridized carbons (Fsp3) is 0.810. The monoisotopic (exact) mass is 505 g/mol. The highest BCUT2D eigenvalue weighted by molar-refractivity contribution is 14.0. The van der Waals surface area contributed by atoms with Gasteiger partial charge in [-0.1, -0.05) is 31.8 Å². The molecule has 6 nitrogen and oxygen atoms in total. The topological polar surface area (TPSA) is 65.7 Å². The van der Waals surface area contributed by atoms with Crippen molar-refractivity contribution in [1.29, 1.82) is 0 Å². The van der Waals surface area contributed by atoms with Crippen LogP contribution in [-0.2, 0) is 6.42 Å². The summed E-state index contributed by atoms with van der Waals surface area (Å²) in [6.45, 7) is 15.7. The van der Waals surface area contributed by atoms with Crippen molar-refractivity contribution in [2.24, 2.45) is 10.9 Å². The molecule has 0 saturated carbocycles. The first-order chi connectivity index (χ1) is 13.0. The fourth-order valence-corrected chi connectivity index (χ4v) is 3.87. The Hall–Kier alpha value is -0.830. The van der Waals surface area contributed by atoms with Crippen LogP contribution in [0.4, 0.5) is 0 Å². The SMILES string of the molecule is CCNC(=NCC(C(C)C)N1CCCCCC1)NCCc1c(C)noc1C.I. The predicted molar refractivity (Wildman–Crippen MR) is 128 cm³/mol. The van der Waals surface area contributed by atoms with E-state index in [9.17, 15) is 0 Å². The van der Waals surface area contributed by atoms with Crippen LogP contribution in [0.25, 0.3) is 0 Å². The van der Waals surface area contributed by atoms with Gasteiger partial charge in [-0.2, -0.15) is 0 Å². The number of aromatic nitrogens is 1. The molecule has 28 heavy (non-hydrogen) atoms. The van der Waals surface area contributed by atoms with E-state index in [2.05, 4.69) is 41.5 Å². The summed E-state index contributed by atoms with van der Waals surface area (Å²) in [5.74, 6) is 2.43. The second-order valence-corrected chi connectivity index (χ2v) is 7.96. The molecule has 0 radical (unpaired) electrons. The van der Waals surface area contributed by atoms with Crippen LogP contribution in [-0.4, -0.2) is 54.8 Å². The van der Waals surface area contributed by atoms with Gasteiger partial charge in [-0.15, -0.1) is 24.0 Å². The van der Waals surface area contributed by atoms with Crippen LogP contribution in [0.15, 0.2) is 9.52 Å². The minimum atomic E-state index is 0. The van der Waals surface area contributed by atoms with Gasteiger partial charge in [-0.3, -0.25) is 9.89 Å². The molecule has 1 fully saturated rings. The van der Waals surface area contributed by atoms with Gasteiger partial charge in [0.05, 0.1) is 12.2 Å². The van der Waals surface area contributed by atoms with Crippen molar-refractivity contribution in [2.75, 3.05) is 32.7 Å². The van der Waals surface area contributed by atoms with Crippen LogP contribution < -0.4 is 10.6 Å². The summed E-state index contributed by atoms with van der Waals surface area (Å²) in [6.07, 6.45) is 6.28. The Bertz CT molecular complexity index is 560. The molecular weight excluding hydrogens is 465 g/mol. The zero-order valence-corrected chi connectivity index (χ0v) is 20.7. The molecule has 1 aliphatic rings. The van der Waals surface area contributed by atoms with Crippen LogP contribution >= 0.6 is 24.0 Å². The number of aliphatic imine (C=N–C) groups is 1. The van der Waals surface area contributed by atoms with Crippen molar-refractivity contribution < 1.29 is 4.52 Å². The summed E-state index contributed by atoms with van der Waals surface area (Å²) in [4.78, 5) is 7.58. The van der Waals surface area contributed by atoms with Gasteiger partial charge in [0.15, 0.2) is 5.96 Å². The summed E-state index contributed by atoms with van der Waals surface area (Å²) in [6, 6.07) is 0.515. The van der Waals surface area contributed by atoms with Crippen molar-refractivity contribution >= 4 is 29.9 Å². The van der Waals surface area contributed by atoms with Gasteiger partial charge in [0.2, 0.25) is 0 Å². The lowest BCUT2D eigenvalue weighted by molar-refractivity contribution is 0.166. The van der Waals surface area contributed by atoms with E-state index in [0.717, 1.165) is 43.5 Å². The van der Waals surface area contributed by atoms with Crippen LogP contribution in [0.3, 0.4) is 0 Å². The minimum Gasteiger partial charge on any atom is -0.361 e. The van der Waals surface area contributed by atoms with Crippen molar-refractivity contribution in [1.82, 2.24) is 20.7 Å². The number of nitrogens with zero attached hydrogens (tertiary/aromatic N) is 3. The average Bonchev–Trinajstić information content (AvgIpc) is 2.83. The highest BCUT2D eigenvalue weighted by Gasteiger charge is 2.22. The van der Waals surface area contributed by atoms with Gasteiger partial charge in [-0.25, -0.2) is 0 Å². The van der Waals surface area contributed by atoms with E-state index < -0.39 is 0 Å². The number of rotatable bonds is 8. The molecule has 1 saturated heterocycles. The number of likely N-dealkylation sites (tertiary alicyclic amines) is 1. The van der Waals surface area contributed by atoms with Crippen LogP contribution in [0.5, 0.6) is 0 Å². The first-order valence-corrected chi connectivity index (χ1v) is 10.7. The zero-order valence-electron chi connectivity index (χ0n) is 18.4. The normalized spacial score (nSPS) is 17.1. The molecule has 0 aromatic carbocycles. The van der Waals surface area contributed by atoms with E-state index in [0.29, 0.717) is 12.0 Å². The first kappa shape index (κ1) is 25.2. The molecule has 0 amide bonds. The minimum absolute atomic E-state index is 0. The van der Waals surface area contributed by atoms with Gasteiger partial charge >= 0.3 is 0 Å². The smallest absolute Gasteiger partial charge is 0.191 e. The summed E-state index contributed by atoms with van der Waals surface area (Å²) in [5, 5.41) is 10.9. The van der Waals surface area contributed by atoms with E-state index in [1.165, 1.54) is 44.3 Å². The van der Waals surface area contributed by atoms with E-state index in [4.69, 9.17) is 9.52 Å². The third kappa shape index (κ3) is 7.89. The third-order valence-corrected chi connectivity index (χ3v) is 5.51. The van der Waals surface area contributed by atoms with Crippen LogP contribution in [0.1, 0.15) is 63.5 Å². The number of aryl methyl sites for hydroxylation is 2. The molecule has 0 bridgehead atoms. The van der Waals surface area contributed by atoms with E-state index >= 15 is 0 Å². The summed E-state index contributed by atoms with van der Waals surface area (Å²) in [5.41, 5.74) is 2.18. The number of hydrogen-bond donors (Lipinski definition) is 2.